The first-order valence-electron chi connectivity index (χ1n) is 6.03. The van der Waals surface area contributed by atoms with Gasteiger partial charge in [-0.1, -0.05) is 0 Å². The van der Waals surface area contributed by atoms with Gasteiger partial charge in [0.25, 0.3) is 0 Å². The van der Waals surface area contributed by atoms with Gasteiger partial charge in [-0.2, -0.15) is 5.10 Å². The zero-order valence-electron chi connectivity index (χ0n) is 10.8. The molecule has 0 spiro atoms. The van der Waals surface area contributed by atoms with Gasteiger partial charge < -0.3 is 5.11 Å². The van der Waals surface area contributed by atoms with Gasteiger partial charge in [-0.3, -0.25) is 4.68 Å². The van der Waals surface area contributed by atoms with Crippen LogP contribution < -0.4 is 0 Å². The van der Waals surface area contributed by atoms with Crippen molar-refractivity contribution >= 4 is 0 Å². The second-order valence-corrected chi connectivity index (χ2v) is 4.33. The van der Waals surface area contributed by atoms with Crippen LogP contribution in [0.15, 0.2) is 18.5 Å². The molecular weight excluding hydrogens is 252 g/mol. The lowest BCUT2D eigenvalue weighted by Gasteiger charge is -2.13. The zero-order valence-corrected chi connectivity index (χ0v) is 10.8. The van der Waals surface area contributed by atoms with Crippen LogP contribution in [0.2, 0.25) is 0 Å². The normalized spacial score (nSPS) is 12.7. The number of rotatable bonds is 4. The van der Waals surface area contributed by atoms with E-state index in [1.165, 1.54) is 19.3 Å². The first kappa shape index (κ1) is 13.6. The molecule has 0 fully saturated rings. The summed E-state index contributed by atoms with van der Waals surface area (Å²) in [5, 5.41) is 14.0. The van der Waals surface area contributed by atoms with Crippen molar-refractivity contribution in [2.75, 3.05) is 0 Å². The Morgan fingerprint density at radius 3 is 2.74 bits per heavy atom. The van der Waals surface area contributed by atoms with Gasteiger partial charge >= 0.3 is 0 Å². The number of aliphatic hydroxyl groups excluding tert-OH is 1. The van der Waals surface area contributed by atoms with E-state index in [0.29, 0.717) is 17.9 Å². The van der Waals surface area contributed by atoms with E-state index in [0.717, 1.165) is 6.07 Å². The summed E-state index contributed by atoms with van der Waals surface area (Å²) in [5.41, 5.74) is 0.372. The number of aromatic nitrogens is 3. The van der Waals surface area contributed by atoms with Crippen LogP contribution in [0.5, 0.6) is 0 Å². The highest BCUT2D eigenvalue weighted by Gasteiger charge is 2.18. The van der Waals surface area contributed by atoms with Crippen molar-refractivity contribution in [1.29, 1.82) is 0 Å². The van der Waals surface area contributed by atoms with Crippen molar-refractivity contribution in [3.63, 3.8) is 0 Å². The van der Waals surface area contributed by atoms with E-state index in [9.17, 15) is 13.9 Å². The molecule has 0 amide bonds. The molecule has 102 valence electrons. The van der Waals surface area contributed by atoms with Gasteiger partial charge in [-0.25, -0.2) is 13.8 Å². The van der Waals surface area contributed by atoms with Gasteiger partial charge in [0.05, 0.1) is 6.10 Å². The van der Waals surface area contributed by atoms with Gasteiger partial charge in [-0.15, -0.1) is 0 Å². The molecule has 1 unspecified atom stereocenters. The number of aliphatic hydroxyl groups is 1. The molecule has 1 atom stereocenters. The monoisotopic (exact) mass is 267 g/mol. The summed E-state index contributed by atoms with van der Waals surface area (Å²) in [6.07, 6.45) is 0.446. The van der Waals surface area contributed by atoms with Crippen LogP contribution in [0.3, 0.4) is 0 Å². The van der Waals surface area contributed by atoms with Crippen LogP contribution in [0.1, 0.15) is 30.0 Å². The molecule has 2 aromatic rings. The van der Waals surface area contributed by atoms with Crippen molar-refractivity contribution < 1.29 is 13.9 Å². The van der Waals surface area contributed by atoms with Crippen molar-refractivity contribution in [1.82, 2.24) is 14.8 Å². The Kier molecular flexibility index (Phi) is 3.90. The first-order chi connectivity index (χ1) is 9.02. The number of benzene rings is 1. The van der Waals surface area contributed by atoms with E-state index >= 15 is 0 Å². The molecule has 1 N–H and O–H groups in total. The molecule has 4 nitrogen and oxygen atoms in total. The summed E-state index contributed by atoms with van der Waals surface area (Å²) in [7, 11) is 0. The molecule has 0 radical (unpaired) electrons. The topological polar surface area (TPSA) is 50.9 Å². The Bertz CT molecular complexity index is 583. The van der Waals surface area contributed by atoms with Gasteiger partial charge in [0.15, 0.2) is 0 Å². The zero-order chi connectivity index (χ0) is 14.0. The summed E-state index contributed by atoms with van der Waals surface area (Å²) >= 11 is 0. The Labute approximate surface area is 109 Å². The van der Waals surface area contributed by atoms with Crippen LogP contribution in [0.25, 0.3) is 0 Å². The van der Waals surface area contributed by atoms with E-state index in [1.54, 1.807) is 4.68 Å². The van der Waals surface area contributed by atoms with E-state index in [-0.39, 0.29) is 12.0 Å². The summed E-state index contributed by atoms with van der Waals surface area (Å²) in [4.78, 5) is 4.02. The second-order valence-electron chi connectivity index (χ2n) is 4.33. The number of hydrogen-bond donors (Lipinski definition) is 1. The lowest BCUT2D eigenvalue weighted by molar-refractivity contribution is 0.169. The van der Waals surface area contributed by atoms with Gasteiger partial charge in [0.2, 0.25) is 0 Å². The maximum Gasteiger partial charge on any atom is 0.138 e. The van der Waals surface area contributed by atoms with Crippen molar-refractivity contribution in [3.8, 4) is 0 Å². The smallest absolute Gasteiger partial charge is 0.138 e. The van der Waals surface area contributed by atoms with Crippen LogP contribution in [0.4, 0.5) is 8.78 Å². The third-order valence-electron chi connectivity index (χ3n) is 3.01. The predicted molar refractivity (Wildman–Crippen MR) is 65.5 cm³/mol. The molecule has 0 bridgehead atoms. The highest BCUT2D eigenvalue weighted by molar-refractivity contribution is 5.27. The highest BCUT2D eigenvalue weighted by Crippen LogP contribution is 2.23. The minimum absolute atomic E-state index is 0.0737. The van der Waals surface area contributed by atoms with Crippen LogP contribution in [0, 0.1) is 18.6 Å². The third kappa shape index (κ3) is 2.78. The molecule has 1 heterocycles. The molecule has 6 heteroatoms. The molecule has 19 heavy (non-hydrogen) atoms. The molecule has 1 aromatic carbocycles. The minimum atomic E-state index is -1.08. The van der Waals surface area contributed by atoms with E-state index in [4.69, 9.17) is 0 Å². The van der Waals surface area contributed by atoms with Gasteiger partial charge in [0, 0.05) is 24.6 Å². The lowest BCUT2D eigenvalue weighted by Crippen LogP contribution is -2.11. The summed E-state index contributed by atoms with van der Waals surface area (Å²) in [5.74, 6) is -0.806. The first-order valence-corrected chi connectivity index (χ1v) is 6.03. The second kappa shape index (κ2) is 5.44. The largest absolute Gasteiger partial charge is 0.388 e. The molecule has 0 aliphatic rings. The number of nitrogens with zero attached hydrogens (tertiary/aromatic N) is 3. The summed E-state index contributed by atoms with van der Waals surface area (Å²) < 4.78 is 28.4. The SMILES string of the molecule is CCn1ncnc1CC(O)c1cc(C)c(F)cc1F. The molecule has 0 saturated heterocycles. The van der Waals surface area contributed by atoms with E-state index in [2.05, 4.69) is 10.1 Å². The number of aryl methyl sites for hydroxylation is 2. The average molecular weight is 267 g/mol. The molecular formula is C13H15F2N3O. The number of halogens is 2. The fourth-order valence-corrected chi connectivity index (χ4v) is 1.93. The maximum atomic E-state index is 13.6. The van der Waals surface area contributed by atoms with Crippen LogP contribution in [-0.2, 0) is 13.0 Å². The predicted octanol–water partition coefficient (Wildman–Crippen LogP) is 2.16. The number of hydrogen-bond acceptors (Lipinski definition) is 3. The lowest BCUT2D eigenvalue weighted by atomic mass is 10.0. The van der Waals surface area contributed by atoms with Crippen molar-refractivity contribution in [2.24, 2.45) is 0 Å². The Hall–Kier alpha value is -1.82. The Morgan fingerprint density at radius 1 is 1.32 bits per heavy atom. The van der Waals surface area contributed by atoms with E-state index in [1.807, 2.05) is 6.92 Å². The van der Waals surface area contributed by atoms with Crippen LogP contribution in [-0.4, -0.2) is 19.9 Å². The fraction of sp³-hybridized carbons (Fsp3) is 0.385. The fourth-order valence-electron chi connectivity index (χ4n) is 1.93. The van der Waals surface area contributed by atoms with Gasteiger partial charge in [-0.05, 0) is 25.5 Å². The quantitative estimate of drug-likeness (QED) is 0.923. The van der Waals surface area contributed by atoms with E-state index < -0.39 is 17.7 Å². The Balaban J connectivity index is 2.25. The maximum absolute atomic E-state index is 13.6. The molecule has 2 rings (SSSR count). The molecule has 0 saturated carbocycles. The molecule has 0 aliphatic heterocycles. The minimum Gasteiger partial charge on any atom is -0.388 e. The van der Waals surface area contributed by atoms with Crippen molar-refractivity contribution in [3.05, 3.63) is 47.0 Å². The highest BCUT2D eigenvalue weighted by atomic mass is 19.1. The standard InChI is InChI=1S/C13H15F2N3O/c1-3-18-13(16-7-17-18)6-12(19)9-4-8(2)10(14)5-11(9)15/h4-5,7,12,19H,3,6H2,1-2H3. The van der Waals surface area contributed by atoms with Crippen molar-refractivity contribution in [2.45, 2.75) is 32.9 Å². The average Bonchev–Trinajstić information content (AvgIpc) is 2.80. The Morgan fingerprint density at radius 2 is 2.05 bits per heavy atom. The van der Waals surface area contributed by atoms with Crippen LogP contribution >= 0.6 is 0 Å². The summed E-state index contributed by atoms with van der Waals surface area (Å²) in [6.45, 7) is 4.04. The molecule has 0 aliphatic carbocycles. The van der Waals surface area contributed by atoms with Gasteiger partial charge in [0.1, 0.15) is 23.8 Å². The third-order valence-corrected chi connectivity index (χ3v) is 3.01. The molecule has 1 aromatic heterocycles. The summed E-state index contributed by atoms with van der Waals surface area (Å²) in [6, 6.07) is 2.11.